The highest BCUT2D eigenvalue weighted by Crippen LogP contribution is 2.17. The number of hydrogen-bond donors (Lipinski definition) is 2. The molecule has 0 saturated carbocycles. The van der Waals surface area contributed by atoms with Crippen LogP contribution in [0.4, 0.5) is 0 Å². The third-order valence-corrected chi connectivity index (χ3v) is 4.31. The van der Waals surface area contributed by atoms with E-state index < -0.39 is 0 Å². The number of benzene rings is 2. The monoisotopic (exact) mass is 384 g/mol. The summed E-state index contributed by atoms with van der Waals surface area (Å²) in [4.78, 5) is 27.1. The van der Waals surface area contributed by atoms with Crippen LogP contribution in [0, 0.1) is 0 Å². The lowest BCUT2D eigenvalue weighted by Gasteiger charge is -2.06. The van der Waals surface area contributed by atoms with Crippen LogP contribution in [0.25, 0.3) is 10.9 Å². The predicted octanol–water partition coefficient (Wildman–Crippen LogP) is 3.65. The van der Waals surface area contributed by atoms with Crippen molar-refractivity contribution >= 4 is 32.7 Å². The van der Waals surface area contributed by atoms with Gasteiger partial charge in [-0.05, 0) is 42.7 Å². The topological polar surface area (TPSA) is 62.0 Å². The first kappa shape index (κ1) is 16.5. The van der Waals surface area contributed by atoms with Gasteiger partial charge in [0.05, 0.1) is 0 Å². The molecule has 5 heteroatoms. The molecule has 2 N–H and O–H groups in total. The minimum atomic E-state index is -0.370. The van der Waals surface area contributed by atoms with E-state index >= 15 is 0 Å². The van der Waals surface area contributed by atoms with E-state index in [1.165, 1.54) is 5.56 Å². The number of pyridine rings is 1. The number of rotatable bonds is 5. The Hall–Kier alpha value is -2.40. The largest absolute Gasteiger partial charge is 0.352 e. The fraction of sp³-hybridized carbons (Fsp3) is 0.158. The number of carbonyl (C=O) groups is 1. The molecule has 0 aliphatic heterocycles. The van der Waals surface area contributed by atoms with Crippen LogP contribution in [0.2, 0.25) is 0 Å². The summed E-state index contributed by atoms with van der Waals surface area (Å²) in [5.74, 6) is -0.341. The summed E-state index contributed by atoms with van der Waals surface area (Å²) in [6.07, 6.45) is 1.72. The highest BCUT2D eigenvalue weighted by atomic mass is 79.9. The molecule has 2 aromatic carbocycles. The Labute approximate surface area is 148 Å². The summed E-state index contributed by atoms with van der Waals surface area (Å²) in [5, 5.41) is 3.64. The fourth-order valence-corrected chi connectivity index (χ4v) is 2.96. The van der Waals surface area contributed by atoms with E-state index in [1.807, 2.05) is 36.4 Å². The second-order valence-electron chi connectivity index (χ2n) is 5.59. The number of halogens is 1. The summed E-state index contributed by atoms with van der Waals surface area (Å²) in [6.45, 7) is 0.531. The van der Waals surface area contributed by atoms with Crippen LogP contribution in [-0.2, 0) is 6.42 Å². The number of aryl methyl sites for hydroxylation is 1. The first-order valence-electron chi connectivity index (χ1n) is 7.78. The third kappa shape index (κ3) is 3.92. The van der Waals surface area contributed by atoms with Crippen molar-refractivity contribution in [3.63, 3.8) is 0 Å². The highest BCUT2D eigenvalue weighted by Gasteiger charge is 2.11. The molecule has 3 aromatic rings. The van der Waals surface area contributed by atoms with Crippen molar-refractivity contribution in [2.75, 3.05) is 6.54 Å². The lowest BCUT2D eigenvalue weighted by atomic mass is 10.1. The predicted molar refractivity (Wildman–Crippen MR) is 99.4 cm³/mol. The number of hydrogen-bond acceptors (Lipinski definition) is 2. The zero-order chi connectivity index (χ0) is 16.9. The summed E-state index contributed by atoms with van der Waals surface area (Å²) >= 11 is 3.39. The van der Waals surface area contributed by atoms with Gasteiger partial charge in [-0.1, -0.05) is 46.3 Å². The Balaban J connectivity index is 1.65. The zero-order valence-corrected chi connectivity index (χ0v) is 14.6. The van der Waals surface area contributed by atoms with E-state index in [4.69, 9.17) is 0 Å². The Kier molecular flexibility index (Phi) is 5.11. The average Bonchev–Trinajstić information content (AvgIpc) is 2.59. The molecule has 0 fully saturated rings. The third-order valence-electron chi connectivity index (χ3n) is 3.82. The summed E-state index contributed by atoms with van der Waals surface area (Å²) < 4.78 is 0.899. The first-order chi connectivity index (χ1) is 11.6. The molecule has 0 saturated heterocycles. The first-order valence-corrected chi connectivity index (χ1v) is 8.57. The molecule has 1 heterocycles. The molecule has 1 amide bonds. The molecular weight excluding hydrogens is 368 g/mol. The van der Waals surface area contributed by atoms with Gasteiger partial charge in [-0.2, -0.15) is 0 Å². The van der Waals surface area contributed by atoms with Crippen molar-refractivity contribution in [3.8, 4) is 0 Å². The lowest BCUT2D eigenvalue weighted by molar-refractivity contribution is 0.0952. The van der Waals surface area contributed by atoms with Gasteiger partial charge >= 0.3 is 0 Å². The van der Waals surface area contributed by atoms with Gasteiger partial charge < -0.3 is 10.3 Å². The summed E-state index contributed by atoms with van der Waals surface area (Å²) in [6, 6.07) is 17.3. The van der Waals surface area contributed by atoms with Crippen LogP contribution in [0.1, 0.15) is 22.3 Å². The molecule has 0 radical (unpaired) electrons. The molecule has 0 bridgehead atoms. The second-order valence-corrected chi connectivity index (χ2v) is 6.50. The van der Waals surface area contributed by atoms with Crippen molar-refractivity contribution in [3.05, 3.63) is 80.6 Å². The van der Waals surface area contributed by atoms with Crippen LogP contribution in [0.15, 0.2) is 63.9 Å². The second kappa shape index (κ2) is 7.45. The number of aromatic nitrogens is 1. The lowest BCUT2D eigenvalue weighted by Crippen LogP contribution is -2.30. The van der Waals surface area contributed by atoms with E-state index in [-0.39, 0.29) is 17.0 Å². The molecule has 0 aliphatic carbocycles. The molecule has 122 valence electrons. The van der Waals surface area contributed by atoms with Gasteiger partial charge in [0, 0.05) is 21.9 Å². The van der Waals surface area contributed by atoms with E-state index in [0.29, 0.717) is 12.1 Å². The number of H-pyrrole nitrogens is 1. The number of carbonyl (C=O) groups excluding carboxylic acids is 1. The smallest absolute Gasteiger partial charge is 0.261 e. The molecule has 24 heavy (non-hydrogen) atoms. The molecule has 0 aliphatic rings. The van der Waals surface area contributed by atoms with Crippen LogP contribution in [0.5, 0.6) is 0 Å². The number of aromatic amines is 1. The van der Waals surface area contributed by atoms with Crippen LogP contribution < -0.4 is 10.9 Å². The molecule has 3 rings (SSSR count). The standard InChI is InChI=1S/C19H17BrN2O2/c20-15-8-9-17-14(11-15)12-16(19(24)22-17)18(23)21-10-4-7-13-5-2-1-3-6-13/h1-3,5-6,8-9,11-12H,4,7,10H2,(H,21,23)(H,22,24). The van der Waals surface area contributed by atoms with E-state index in [1.54, 1.807) is 6.07 Å². The SMILES string of the molecule is O=C(NCCCc1ccccc1)c1cc2cc(Br)ccc2[nH]c1=O. The Morgan fingerprint density at radius 3 is 2.67 bits per heavy atom. The quantitative estimate of drug-likeness (QED) is 0.659. The molecule has 1 aromatic heterocycles. The normalized spacial score (nSPS) is 10.7. The maximum Gasteiger partial charge on any atom is 0.261 e. The van der Waals surface area contributed by atoms with Gasteiger partial charge in [-0.25, -0.2) is 0 Å². The van der Waals surface area contributed by atoms with Gasteiger partial charge in [0.1, 0.15) is 5.56 Å². The highest BCUT2D eigenvalue weighted by molar-refractivity contribution is 9.10. The number of fused-ring (bicyclic) bond motifs is 1. The van der Waals surface area contributed by atoms with Crippen molar-refractivity contribution in [1.29, 1.82) is 0 Å². The van der Waals surface area contributed by atoms with Crippen molar-refractivity contribution in [2.45, 2.75) is 12.8 Å². The molecule has 0 atom stereocenters. The molecule has 0 spiro atoms. The van der Waals surface area contributed by atoms with E-state index in [0.717, 1.165) is 22.7 Å². The van der Waals surface area contributed by atoms with Crippen LogP contribution in [-0.4, -0.2) is 17.4 Å². The van der Waals surface area contributed by atoms with Crippen molar-refractivity contribution in [1.82, 2.24) is 10.3 Å². The van der Waals surface area contributed by atoms with Crippen molar-refractivity contribution < 1.29 is 4.79 Å². The maximum absolute atomic E-state index is 12.3. The molecule has 4 nitrogen and oxygen atoms in total. The van der Waals surface area contributed by atoms with Crippen molar-refractivity contribution in [2.24, 2.45) is 0 Å². The number of amides is 1. The maximum atomic E-state index is 12.3. The number of nitrogens with one attached hydrogen (secondary N) is 2. The van der Waals surface area contributed by atoms with Crippen LogP contribution in [0.3, 0.4) is 0 Å². The summed E-state index contributed by atoms with van der Waals surface area (Å²) in [5.41, 5.74) is 1.72. The molecular formula is C19H17BrN2O2. The minimum Gasteiger partial charge on any atom is -0.352 e. The van der Waals surface area contributed by atoms with Gasteiger partial charge in [0.25, 0.3) is 11.5 Å². The van der Waals surface area contributed by atoms with Gasteiger partial charge in [0.15, 0.2) is 0 Å². The average molecular weight is 385 g/mol. The fourth-order valence-electron chi connectivity index (χ4n) is 2.58. The molecule has 0 unspecified atom stereocenters. The van der Waals surface area contributed by atoms with E-state index in [2.05, 4.69) is 38.4 Å². The zero-order valence-electron chi connectivity index (χ0n) is 13.0. The van der Waals surface area contributed by atoms with Gasteiger partial charge in [-0.3, -0.25) is 9.59 Å². The van der Waals surface area contributed by atoms with E-state index in [9.17, 15) is 9.59 Å². The minimum absolute atomic E-state index is 0.139. The Morgan fingerprint density at radius 1 is 1.08 bits per heavy atom. The Bertz CT molecular complexity index is 920. The Morgan fingerprint density at radius 2 is 1.88 bits per heavy atom. The summed E-state index contributed by atoms with van der Waals surface area (Å²) in [7, 11) is 0. The van der Waals surface area contributed by atoms with Gasteiger partial charge in [-0.15, -0.1) is 0 Å². The van der Waals surface area contributed by atoms with Gasteiger partial charge in [0.2, 0.25) is 0 Å². The van der Waals surface area contributed by atoms with Crippen LogP contribution >= 0.6 is 15.9 Å².